The first kappa shape index (κ1) is 17.3. The zero-order chi connectivity index (χ0) is 17.5. The maximum Gasteiger partial charge on any atom is 0.276 e. The van der Waals surface area contributed by atoms with Gasteiger partial charge < -0.3 is 14.8 Å². The second-order valence-corrected chi connectivity index (χ2v) is 4.96. The van der Waals surface area contributed by atoms with Gasteiger partial charge in [-0.3, -0.25) is 14.9 Å². The highest BCUT2D eigenvalue weighted by atomic mass is 16.6. The number of hydrogen-bond acceptors (Lipinski definition) is 5. The summed E-state index contributed by atoms with van der Waals surface area (Å²) in [7, 11) is 2.88. The third-order valence-corrected chi connectivity index (χ3v) is 3.50. The van der Waals surface area contributed by atoms with E-state index in [0.717, 1.165) is 0 Å². The minimum Gasteiger partial charge on any atom is -0.493 e. The molecule has 0 aromatic heterocycles. The molecule has 0 radical (unpaired) electrons. The Morgan fingerprint density at radius 1 is 1.12 bits per heavy atom. The number of rotatable bonds is 7. The molecular formula is C17H18N2O5. The van der Waals surface area contributed by atoms with E-state index in [-0.39, 0.29) is 18.1 Å². The molecule has 0 aliphatic rings. The molecule has 7 nitrogen and oxygen atoms in total. The molecule has 126 valence electrons. The van der Waals surface area contributed by atoms with Crippen LogP contribution in [0.15, 0.2) is 42.5 Å². The van der Waals surface area contributed by atoms with Crippen LogP contribution in [-0.2, 0) is 6.42 Å². The summed E-state index contributed by atoms with van der Waals surface area (Å²) in [5.41, 5.74) is 0.937. The molecule has 0 bridgehead atoms. The fourth-order valence-electron chi connectivity index (χ4n) is 2.28. The molecule has 0 saturated carbocycles. The number of ether oxygens (including phenoxy) is 2. The van der Waals surface area contributed by atoms with Crippen LogP contribution in [0.2, 0.25) is 0 Å². The molecule has 2 rings (SSSR count). The van der Waals surface area contributed by atoms with E-state index >= 15 is 0 Å². The first-order valence-electron chi connectivity index (χ1n) is 7.29. The lowest BCUT2D eigenvalue weighted by Gasteiger charge is -2.11. The largest absolute Gasteiger partial charge is 0.493 e. The summed E-state index contributed by atoms with van der Waals surface area (Å²) in [6, 6.07) is 11.7. The lowest BCUT2D eigenvalue weighted by Crippen LogP contribution is -2.25. The van der Waals surface area contributed by atoms with Crippen molar-refractivity contribution in [3.05, 3.63) is 63.7 Å². The molecule has 24 heavy (non-hydrogen) atoms. The quantitative estimate of drug-likeness (QED) is 0.622. The Labute approximate surface area is 139 Å². The van der Waals surface area contributed by atoms with Crippen LogP contribution in [0.25, 0.3) is 0 Å². The van der Waals surface area contributed by atoms with Crippen molar-refractivity contribution in [1.82, 2.24) is 5.32 Å². The monoisotopic (exact) mass is 330 g/mol. The zero-order valence-corrected chi connectivity index (χ0v) is 13.4. The van der Waals surface area contributed by atoms with Crippen LogP contribution in [-0.4, -0.2) is 31.6 Å². The lowest BCUT2D eigenvalue weighted by atomic mass is 10.1. The molecule has 0 heterocycles. The molecule has 0 fully saturated rings. The fourth-order valence-corrected chi connectivity index (χ4v) is 2.28. The number of methoxy groups -OCH3 is 2. The van der Waals surface area contributed by atoms with Gasteiger partial charge in [0.25, 0.3) is 11.6 Å². The predicted molar refractivity (Wildman–Crippen MR) is 88.7 cm³/mol. The smallest absolute Gasteiger partial charge is 0.276 e. The zero-order valence-electron chi connectivity index (χ0n) is 13.4. The van der Waals surface area contributed by atoms with E-state index in [0.29, 0.717) is 29.0 Å². The Kier molecular flexibility index (Phi) is 5.73. The summed E-state index contributed by atoms with van der Waals surface area (Å²) < 4.78 is 10.3. The van der Waals surface area contributed by atoms with Gasteiger partial charge >= 0.3 is 0 Å². The minimum absolute atomic E-state index is 0.0680. The van der Waals surface area contributed by atoms with Gasteiger partial charge in [0.15, 0.2) is 11.5 Å². The maximum absolute atomic E-state index is 12.0. The van der Waals surface area contributed by atoms with Crippen molar-refractivity contribution in [3.63, 3.8) is 0 Å². The molecule has 0 spiro atoms. The van der Waals surface area contributed by atoms with Crippen molar-refractivity contribution >= 4 is 11.6 Å². The van der Waals surface area contributed by atoms with Gasteiger partial charge in [0.1, 0.15) is 0 Å². The van der Waals surface area contributed by atoms with E-state index in [1.54, 1.807) is 30.3 Å². The summed E-state index contributed by atoms with van der Waals surface area (Å²) in [5, 5.41) is 14.0. The SMILES string of the molecule is COc1cc(CCNC(=O)c2ccccc2)c([N+](=O)[O-])cc1OC. The van der Waals surface area contributed by atoms with E-state index in [9.17, 15) is 14.9 Å². The molecule has 0 saturated heterocycles. The highest BCUT2D eigenvalue weighted by Gasteiger charge is 2.19. The summed E-state index contributed by atoms with van der Waals surface area (Å²) >= 11 is 0. The highest BCUT2D eigenvalue weighted by molar-refractivity contribution is 5.94. The molecule has 2 aromatic carbocycles. The standard InChI is InChI=1S/C17H18N2O5/c1-23-15-10-13(14(19(21)22)11-16(15)24-2)8-9-18-17(20)12-6-4-3-5-7-12/h3-7,10-11H,8-9H2,1-2H3,(H,18,20). The second-order valence-electron chi connectivity index (χ2n) is 4.96. The van der Waals surface area contributed by atoms with Crippen molar-refractivity contribution < 1.29 is 19.2 Å². The van der Waals surface area contributed by atoms with Gasteiger partial charge in [-0.2, -0.15) is 0 Å². The fraction of sp³-hybridized carbons (Fsp3) is 0.235. The van der Waals surface area contributed by atoms with Crippen LogP contribution in [0, 0.1) is 10.1 Å². The number of hydrogen-bond donors (Lipinski definition) is 1. The third-order valence-electron chi connectivity index (χ3n) is 3.50. The molecule has 0 aliphatic heterocycles. The molecule has 7 heteroatoms. The van der Waals surface area contributed by atoms with Crippen molar-refractivity contribution in [2.75, 3.05) is 20.8 Å². The molecule has 2 aromatic rings. The lowest BCUT2D eigenvalue weighted by molar-refractivity contribution is -0.385. The van der Waals surface area contributed by atoms with Gasteiger partial charge in [-0.1, -0.05) is 18.2 Å². The summed E-state index contributed by atoms with van der Waals surface area (Å²) in [5.74, 6) is 0.479. The third kappa shape index (κ3) is 4.01. The van der Waals surface area contributed by atoms with Crippen LogP contribution in [0.1, 0.15) is 15.9 Å². The Morgan fingerprint density at radius 2 is 1.75 bits per heavy atom. The average Bonchev–Trinajstić information content (AvgIpc) is 2.61. The normalized spacial score (nSPS) is 10.1. The van der Waals surface area contributed by atoms with Crippen molar-refractivity contribution in [2.45, 2.75) is 6.42 Å². The first-order valence-corrected chi connectivity index (χ1v) is 7.29. The number of carbonyl (C=O) groups is 1. The topological polar surface area (TPSA) is 90.7 Å². The van der Waals surface area contributed by atoms with Crippen molar-refractivity contribution in [3.8, 4) is 11.5 Å². The van der Waals surface area contributed by atoms with E-state index < -0.39 is 4.92 Å². The number of nitro groups is 1. The van der Waals surface area contributed by atoms with Crippen LogP contribution >= 0.6 is 0 Å². The van der Waals surface area contributed by atoms with E-state index in [1.165, 1.54) is 20.3 Å². The predicted octanol–water partition coefficient (Wildman–Crippen LogP) is 2.58. The van der Waals surface area contributed by atoms with E-state index in [2.05, 4.69) is 5.32 Å². The molecule has 0 aliphatic carbocycles. The van der Waals surface area contributed by atoms with Crippen LogP contribution < -0.4 is 14.8 Å². The van der Waals surface area contributed by atoms with Gasteiger partial charge in [0.2, 0.25) is 0 Å². The van der Waals surface area contributed by atoms with Gasteiger partial charge in [-0.15, -0.1) is 0 Å². The van der Waals surface area contributed by atoms with Crippen molar-refractivity contribution in [1.29, 1.82) is 0 Å². The summed E-state index contributed by atoms with van der Waals surface area (Å²) in [6.45, 7) is 0.268. The van der Waals surface area contributed by atoms with Crippen LogP contribution in [0.5, 0.6) is 11.5 Å². The summed E-state index contributed by atoms with van der Waals surface area (Å²) in [6.07, 6.45) is 0.301. The van der Waals surface area contributed by atoms with Crippen molar-refractivity contribution in [2.24, 2.45) is 0 Å². The van der Waals surface area contributed by atoms with E-state index in [1.807, 2.05) is 6.07 Å². The molecule has 0 atom stereocenters. The number of nitro benzene ring substituents is 1. The van der Waals surface area contributed by atoms with Gasteiger partial charge in [-0.05, 0) is 24.6 Å². The van der Waals surface area contributed by atoms with Crippen LogP contribution in [0.4, 0.5) is 5.69 Å². The highest BCUT2D eigenvalue weighted by Crippen LogP contribution is 2.34. The first-order chi connectivity index (χ1) is 11.6. The number of amides is 1. The Morgan fingerprint density at radius 3 is 2.33 bits per heavy atom. The number of nitrogens with one attached hydrogen (secondary N) is 1. The van der Waals surface area contributed by atoms with Gasteiger partial charge in [-0.25, -0.2) is 0 Å². The minimum atomic E-state index is -0.476. The molecular weight excluding hydrogens is 312 g/mol. The van der Waals surface area contributed by atoms with Gasteiger partial charge in [0.05, 0.1) is 25.2 Å². The second kappa shape index (κ2) is 7.96. The van der Waals surface area contributed by atoms with Gasteiger partial charge in [0, 0.05) is 17.7 Å². The van der Waals surface area contributed by atoms with E-state index in [4.69, 9.17) is 9.47 Å². The molecule has 0 unspecified atom stereocenters. The van der Waals surface area contributed by atoms with Crippen LogP contribution in [0.3, 0.4) is 0 Å². The molecule has 1 N–H and O–H groups in total. The number of benzene rings is 2. The number of carbonyl (C=O) groups excluding carboxylic acids is 1. The molecule has 1 amide bonds. The Bertz CT molecular complexity index is 731. The average molecular weight is 330 g/mol. The number of nitrogens with zero attached hydrogens (tertiary/aromatic N) is 1. The Hall–Kier alpha value is -3.09. The maximum atomic E-state index is 12.0. The Balaban J connectivity index is 2.11. The summed E-state index contributed by atoms with van der Waals surface area (Å²) in [4.78, 5) is 22.7.